The maximum Gasteiger partial charge on any atom is 0.472 e. The molecule has 0 rings (SSSR count). The number of esters is 1. The van der Waals surface area contributed by atoms with Crippen LogP contribution in [0.4, 0.5) is 0 Å². The van der Waals surface area contributed by atoms with Crippen molar-refractivity contribution in [3.8, 4) is 0 Å². The molecule has 10 heteroatoms. The summed E-state index contributed by atoms with van der Waals surface area (Å²) in [7, 11) is 1.48. The van der Waals surface area contributed by atoms with Crippen LogP contribution in [0.2, 0.25) is 0 Å². The van der Waals surface area contributed by atoms with Gasteiger partial charge in [-0.1, -0.05) is 285 Å². The summed E-state index contributed by atoms with van der Waals surface area (Å²) in [6, 6.07) is -0.863. The first-order chi connectivity index (χ1) is 41.4. The van der Waals surface area contributed by atoms with Crippen molar-refractivity contribution in [2.45, 2.75) is 315 Å². The monoisotopic (exact) mass is 1210 g/mol. The van der Waals surface area contributed by atoms with Gasteiger partial charge in [0.2, 0.25) is 5.91 Å². The number of rotatable bonds is 63. The Morgan fingerprint density at radius 3 is 1.15 bits per heavy atom. The normalized spacial score (nSPS) is 14.2. The lowest BCUT2D eigenvalue weighted by Gasteiger charge is -2.27. The van der Waals surface area contributed by atoms with E-state index in [0.29, 0.717) is 17.4 Å². The van der Waals surface area contributed by atoms with Gasteiger partial charge in [0, 0.05) is 12.8 Å². The largest absolute Gasteiger partial charge is 0.472 e. The quantitative estimate of drug-likeness (QED) is 0.0205. The summed E-state index contributed by atoms with van der Waals surface area (Å²) >= 11 is 0. The summed E-state index contributed by atoms with van der Waals surface area (Å²) in [6.45, 7) is 6.88. The fourth-order valence-electron chi connectivity index (χ4n) is 9.80. The Bertz CT molecular complexity index is 1820. The third kappa shape index (κ3) is 65.0. The predicted octanol–water partition coefficient (Wildman–Crippen LogP) is 22.5. The van der Waals surface area contributed by atoms with Gasteiger partial charge in [-0.3, -0.25) is 18.6 Å². The van der Waals surface area contributed by atoms with Crippen molar-refractivity contribution in [3.05, 3.63) is 109 Å². The van der Waals surface area contributed by atoms with Gasteiger partial charge in [0.25, 0.3) is 0 Å². The number of carbonyl (C=O) groups excluding carboxylic acids is 2. The van der Waals surface area contributed by atoms with Crippen LogP contribution in [0.3, 0.4) is 0 Å². The number of ether oxygens (including phenoxy) is 1. The molecule has 0 aliphatic rings. The number of hydrogen-bond donors (Lipinski definition) is 2. The van der Waals surface area contributed by atoms with Crippen LogP contribution in [-0.2, 0) is 27.9 Å². The van der Waals surface area contributed by atoms with Crippen LogP contribution < -0.4 is 5.32 Å². The number of quaternary nitrogens is 1. The first-order valence-electron chi connectivity index (χ1n) is 35.2. The van der Waals surface area contributed by atoms with Gasteiger partial charge in [0.1, 0.15) is 19.3 Å². The molecule has 3 unspecified atom stereocenters. The standard InChI is InChI=1S/C75H133N2O7P/c1-7-10-13-16-19-22-25-28-30-32-34-36-37-38-39-41-42-44-46-49-52-55-58-61-64-67-74(78)76-72(71-83-85(80,81)82-70-69-77(4,5)6)73(66-63-60-57-54-51-48-27-24-21-18-15-12-9-3)84-75(79)68-65-62-59-56-53-50-47-45-43-40-35-33-31-29-26-23-20-17-14-11-8-2/h10,13,19-20,22-23,28-31,34-36,38-40,63,66,72-73H,7-9,11-12,14-18,21,24-27,32-33,37,41-62,64-65,67-71H2,1-6H3,(H-,76,78,80,81)/p+1/b13-10-,22-19-,23-20-,30-28-,31-29-,36-34-,39-38-,40-35-,66-63-. The molecular formula is C75H134N2O7P+. The van der Waals surface area contributed by atoms with Crippen LogP contribution >= 0.6 is 7.82 Å². The molecular weight excluding hydrogens is 1070 g/mol. The number of allylic oxidation sites excluding steroid dienone is 17. The summed E-state index contributed by atoms with van der Waals surface area (Å²) in [5.74, 6) is -0.519. The van der Waals surface area contributed by atoms with Crippen LogP contribution in [0.15, 0.2) is 109 Å². The van der Waals surface area contributed by atoms with E-state index in [4.69, 9.17) is 13.8 Å². The third-order valence-electron chi connectivity index (χ3n) is 15.2. The molecule has 0 radical (unpaired) electrons. The van der Waals surface area contributed by atoms with E-state index < -0.39 is 20.0 Å². The maximum absolute atomic E-state index is 13.6. The van der Waals surface area contributed by atoms with E-state index in [9.17, 15) is 19.0 Å². The number of amides is 1. The Hall–Kier alpha value is -3.33. The van der Waals surface area contributed by atoms with Gasteiger partial charge in [-0.05, 0) is 115 Å². The van der Waals surface area contributed by atoms with Gasteiger partial charge in [-0.2, -0.15) is 0 Å². The summed E-state index contributed by atoms with van der Waals surface area (Å²) in [5, 5.41) is 3.07. The van der Waals surface area contributed by atoms with E-state index in [1.165, 1.54) is 141 Å². The average molecular weight is 1210 g/mol. The van der Waals surface area contributed by atoms with Gasteiger partial charge < -0.3 is 19.4 Å². The van der Waals surface area contributed by atoms with Crippen LogP contribution in [0.1, 0.15) is 303 Å². The molecule has 0 heterocycles. The summed E-state index contributed by atoms with van der Waals surface area (Å²) in [5.41, 5.74) is 0. The lowest BCUT2D eigenvalue weighted by molar-refractivity contribution is -0.870. The minimum Gasteiger partial charge on any atom is -0.456 e. The molecule has 3 atom stereocenters. The zero-order valence-electron chi connectivity index (χ0n) is 56.1. The molecule has 0 aromatic rings. The molecule has 0 aromatic heterocycles. The molecule has 0 fully saturated rings. The second kappa shape index (κ2) is 63.7. The van der Waals surface area contributed by atoms with Crippen LogP contribution in [0.25, 0.3) is 0 Å². The number of nitrogens with zero attached hydrogens (tertiary/aromatic N) is 1. The molecule has 2 N–H and O–H groups in total. The zero-order valence-corrected chi connectivity index (χ0v) is 57.0. The smallest absolute Gasteiger partial charge is 0.456 e. The zero-order chi connectivity index (χ0) is 62.1. The molecule has 0 spiro atoms. The molecule has 1 amide bonds. The van der Waals surface area contributed by atoms with Crippen molar-refractivity contribution in [3.63, 3.8) is 0 Å². The minimum atomic E-state index is -4.47. The highest BCUT2D eigenvalue weighted by Gasteiger charge is 2.30. The third-order valence-corrected chi connectivity index (χ3v) is 16.2. The number of nitrogens with one attached hydrogen (secondary N) is 1. The van der Waals surface area contributed by atoms with Gasteiger partial charge in [-0.25, -0.2) is 4.57 Å². The van der Waals surface area contributed by atoms with Gasteiger partial charge in [0.05, 0.1) is 33.8 Å². The van der Waals surface area contributed by atoms with Crippen molar-refractivity contribution in [2.75, 3.05) is 40.9 Å². The van der Waals surface area contributed by atoms with E-state index >= 15 is 0 Å². The SMILES string of the molecule is CC/C=C\C/C=C\C/C=C\C/C=C\C/C=C\CCCCCCCCCCCC(=O)NC(COP(=O)(O)OCC[N+](C)(C)C)C(/C=C\CCCCCCCCCCCCC)OC(=O)CCCCCCCCCC/C=C\C/C=C\C/C=C\CCCCC. The van der Waals surface area contributed by atoms with Crippen molar-refractivity contribution in [1.29, 1.82) is 0 Å². The fourth-order valence-corrected chi connectivity index (χ4v) is 10.5. The number of carbonyl (C=O) groups is 2. The lowest BCUT2D eigenvalue weighted by Crippen LogP contribution is -2.47. The molecule has 0 aliphatic heterocycles. The van der Waals surface area contributed by atoms with E-state index in [-0.39, 0.29) is 31.5 Å². The van der Waals surface area contributed by atoms with Crippen molar-refractivity contribution < 1.29 is 37.3 Å². The predicted molar refractivity (Wildman–Crippen MR) is 369 cm³/mol. The summed E-state index contributed by atoms with van der Waals surface area (Å²) in [6.07, 6.45) is 88.0. The number of phosphoric acid groups is 1. The fraction of sp³-hybridized carbons (Fsp3) is 0.733. The van der Waals surface area contributed by atoms with Crippen molar-refractivity contribution in [2.24, 2.45) is 0 Å². The first kappa shape index (κ1) is 81.7. The molecule has 0 saturated heterocycles. The first-order valence-corrected chi connectivity index (χ1v) is 36.7. The Morgan fingerprint density at radius 2 is 0.753 bits per heavy atom. The van der Waals surface area contributed by atoms with Crippen molar-refractivity contribution in [1.82, 2.24) is 5.32 Å². The van der Waals surface area contributed by atoms with Gasteiger partial charge in [-0.15, -0.1) is 0 Å². The minimum absolute atomic E-state index is 0.0330. The second-order valence-corrected chi connectivity index (χ2v) is 26.1. The molecule has 85 heavy (non-hydrogen) atoms. The van der Waals surface area contributed by atoms with Gasteiger partial charge in [0.15, 0.2) is 0 Å². The Labute approximate surface area is 525 Å². The number of likely N-dealkylation sites (N-methyl/N-ethyl adjacent to an activating group) is 1. The van der Waals surface area contributed by atoms with Gasteiger partial charge >= 0.3 is 13.8 Å². The highest BCUT2D eigenvalue weighted by atomic mass is 31.2. The number of unbranched alkanes of at least 4 members (excludes halogenated alkanes) is 31. The van der Waals surface area contributed by atoms with E-state index in [2.05, 4.69) is 123 Å². The summed E-state index contributed by atoms with van der Waals surface area (Å²) in [4.78, 5) is 37.9. The van der Waals surface area contributed by atoms with Crippen LogP contribution in [0, 0.1) is 0 Å². The molecule has 0 saturated carbocycles. The highest BCUT2D eigenvalue weighted by Crippen LogP contribution is 2.43. The highest BCUT2D eigenvalue weighted by molar-refractivity contribution is 7.47. The second-order valence-electron chi connectivity index (χ2n) is 24.7. The molecule has 0 aliphatic carbocycles. The lowest BCUT2D eigenvalue weighted by atomic mass is 10.0. The topological polar surface area (TPSA) is 111 Å². The van der Waals surface area contributed by atoms with Crippen LogP contribution in [0.5, 0.6) is 0 Å². The maximum atomic E-state index is 13.6. The molecule has 0 bridgehead atoms. The van der Waals surface area contributed by atoms with E-state index in [1.807, 2.05) is 33.3 Å². The Morgan fingerprint density at radius 1 is 0.424 bits per heavy atom. The Kier molecular flexibility index (Phi) is 61.2. The molecule has 490 valence electrons. The number of phosphoric ester groups is 1. The number of hydrogen-bond acceptors (Lipinski definition) is 6. The van der Waals surface area contributed by atoms with Crippen LogP contribution in [-0.4, -0.2) is 74.3 Å². The van der Waals surface area contributed by atoms with Crippen molar-refractivity contribution >= 4 is 19.7 Å². The molecule has 9 nitrogen and oxygen atoms in total. The van der Waals surface area contributed by atoms with E-state index in [1.54, 1.807) is 0 Å². The average Bonchev–Trinajstić information content (AvgIpc) is 3.64. The Balaban J connectivity index is 5.16. The summed E-state index contributed by atoms with van der Waals surface area (Å²) < 4.78 is 30.8. The molecule has 0 aromatic carbocycles. The van der Waals surface area contributed by atoms with E-state index in [0.717, 1.165) is 128 Å².